The molecule has 20 heavy (non-hydrogen) atoms. The molecule has 0 radical (unpaired) electrons. The number of aromatic carboxylic acids is 1. The molecular formula is C14H17BrN2O3. The molecule has 1 aliphatic heterocycles. The number of amides is 1. The van der Waals surface area contributed by atoms with E-state index in [2.05, 4.69) is 26.1 Å². The molecule has 1 saturated heterocycles. The highest BCUT2D eigenvalue weighted by molar-refractivity contribution is 9.10. The molecule has 1 aromatic carbocycles. The molecule has 1 amide bonds. The monoisotopic (exact) mass is 340 g/mol. The predicted octanol–water partition coefficient (Wildman–Crippen LogP) is 2.25. The van der Waals surface area contributed by atoms with Gasteiger partial charge in [0, 0.05) is 36.2 Å². The first-order valence-corrected chi connectivity index (χ1v) is 7.31. The first kappa shape index (κ1) is 14.8. The summed E-state index contributed by atoms with van der Waals surface area (Å²) in [5, 5.41) is 11.9. The standard InChI is InChI=1S/C14H17BrN2O3/c1-9(18)16-10-4-6-17(7-5-10)11-2-3-12(14(19)20)13(15)8-11/h2-3,8,10H,4-7H2,1H3,(H,16,18)(H,19,20). The third-order valence-electron chi connectivity index (χ3n) is 3.45. The summed E-state index contributed by atoms with van der Waals surface area (Å²) in [5.74, 6) is -0.926. The van der Waals surface area contributed by atoms with E-state index < -0.39 is 5.97 Å². The van der Waals surface area contributed by atoms with E-state index in [0.29, 0.717) is 4.47 Å². The fraction of sp³-hybridized carbons (Fsp3) is 0.429. The molecule has 5 nitrogen and oxygen atoms in total. The second-order valence-corrected chi connectivity index (χ2v) is 5.79. The second kappa shape index (κ2) is 6.26. The van der Waals surface area contributed by atoms with Crippen molar-refractivity contribution < 1.29 is 14.7 Å². The number of carboxylic acid groups (broad SMARTS) is 1. The lowest BCUT2D eigenvalue weighted by atomic mass is 10.0. The van der Waals surface area contributed by atoms with E-state index in [1.165, 1.54) is 6.92 Å². The van der Waals surface area contributed by atoms with Gasteiger partial charge >= 0.3 is 5.97 Å². The van der Waals surface area contributed by atoms with Gasteiger partial charge in [0.2, 0.25) is 5.91 Å². The maximum Gasteiger partial charge on any atom is 0.336 e. The largest absolute Gasteiger partial charge is 0.478 e. The summed E-state index contributed by atoms with van der Waals surface area (Å²) < 4.78 is 0.589. The van der Waals surface area contributed by atoms with Gasteiger partial charge in [0.05, 0.1) is 5.56 Å². The Morgan fingerprint density at radius 2 is 2.00 bits per heavy atom. The third kappa shape index (κ3) is 3.50. The van der Waals surface area contributed by atoms with E-state index in [1.807, 2.05) is 12.1 Å². The van der Waals surface area contributed by atoms with Gasteiger partial charge in [-0.15, -0.1) is 0 Å². The number of hydrogen-bond donors (Lipinski definition) is 2. The number of piperidine rings is 1. The van der Waals surface area contributed by atoms with E-state index in [0.717, 1.165) is 31.6 Å². The highest BCUT2D eigenvalue weighted by Crippen LogP contribution is 2.26. The lowest BCUT2D eigenvalue weighted by molar-refractivity contribution is -0.119. The van der Waals surface area contributed by atoms with Gasteiger partial charge < -0.3 is 15.3 Å². The number of carbonyl (C=O) groups is 2. The van der Waals surface area contributed by atoms with Crippen LogP contribution in [0.15, 0.2) is 22.7 Å². The number of hydrogen-bond acceptors (Lipinski definition) is 3. The minimum absolute atomic E-state index is 0.0111. The Morgan fingerprint density at radius 1 is 1.35 bits per heavy atom. The van der Waals surface area contributed by atoms with Crippen molar-refractivity contribution in [1.29, 1.82) is 0 Å². The van der Waals surface area contributed by atoms with Gasteiger partial charge in [0.1, 0.15) is 0 Å². The molecule has 0 spiro atoms. The highest BCUT2D eigenvalue weighted by Gasteiger charge is 2.20. The fourth-order valence-electron chi connectivity index (χ4n) is 2.44. The molecule has 1 aliphatic rings. The highest BCUT2D eigenvalue weighted by atomic mass is 79.9. The molecule has 0 atom stereocenters. The van der Waals surface area contributed by atoms with Crippen LogP contribution in [0.3, 0.4) is 0 Å². The second-order valence-electron chi connectivity index (χ2n) is 4.93. The average molecular weight is 341 g/mol. The molecular weight excluding hydrogens is 324 g/mol. The summed E-state index contributed by atoms with van der Waals surface area (Å²) in [6.07, 6.45) is 1.80. The summed E-state index contributed by atoms with van der Waals surface area (Å²) in [6, 6.07) is 5.52. The molecule has 0 bridgehead atoms. The first-order valence-electron chi connectivity index (χ1n) is 6.52. The van der Waals surface area contributed by atoms with Gasteiger partial charge in [-0.05, 0) is 47.0 Å². The molecule has 6 heteroatoms. The lowest BCUT2D eigenvalue weighted by Crippen LogP contribution is -2.44. The van der Waals surface area contributed by atoms with Crippen molar-refractivity contribution in [1.82, 2.24) is 5.32 Å². The van der Waals surface area contributed by atoms with Crippen LogP contribution in [0.5, 0.6) is 0 Å². The van der Waals surface area contributed by atoms with Crippen molar-refractivity contribution in [3.05, 3.63) is 28.2 Å². The van der Waals surface area contributed by atoms with E-state index in [4.69, 9.17) is 5.11 Å². The van der Waals surface area contributed by atoms with Crippen LogP contribution in [-0.4, -0.2) is 36.1 Å². The van der Waals surface area contributed by atoms with Crippen molar-refractivity contribution >= 4 is 33.5 Å². The van der Waals surface area contributed by atoms with Gasteiger partial charge in [-0.3, -0.25) is 4.79 Å². The topological polar surface area (TPSA) is 69.6 Å². The normalized spacial score (nSPS) is 16.0. The third-order valence-corrected chi connectivity index (χ3v) is 4.11. The molecule has 2 N–H and O–H groups in total. The van der Waals surface area contributed by atoms with Crippen LogP contribution >= 0.6 is 15.9 Å². The van der Waals surface area contributed by atoms with Gasteiger partial charge in [0.15, 0.2) is 0 Å². The van der Waals surface area contributed by atoms with Crippen LogP contribution in [0, 0.1) is 0 Å². The maximum absolute atomic E-state index is 11.0. The Hall–Kier alpha value is -1.56. The smallest absolute Gasteiger partial charge is 0.336 e. The van der Waals surface area contributed by atoms with Gasteiger partial charge in [-0.1, -0.05) is 0 Å². The van der Waals surface area contributed by atoms with Gasteiger partial charge in [-0.2, -0.15) is 0 Å². The number of rotatable bonds is 3. The Morgan fingerprint density at radius 3 is 2.50 bits per heavy atom. The summed E-state index contributed by atoms with van der Waals surface area (Å²) in [7, 11) is 0. The maximum atomic E-state index is 11.0. The van der Waals surface area contributed by atoms with E-state index in [-0.39, 0.29) is 17.5 Å². The van der Waals surface area contributed by atoms with Crippen molar-refractivity contribution in [2.75, 3.05) is 18.0 Å². The van der Waals surface area contributed by atoms with E-state index >= 15 is 0 Å². The minimum Gasteiger partial charge on any atom is -0.478 e. The molecule has 0 aromatic heterocycles. The predicted molar refractivity (Wildman–Crippen MR) is 80.2 cm³/mol. The number of nitrogens with one attached hydrogen (secondary N) is 1. The summed E-state index contributed by atoms with van der Waals surface area (Å²) in [5.41, 5.74) is 1.27. The Balaban J connectivity index is 2.02. The molecule has 1 fully saturated rings. The number of carbonyl (C=O) groups excluding carboxylic acids is 1. The van der Waals surface area contributed by atoms with E-state index in [9.17, 15) is 9.59 Å². The zero-order valence-electron chi connectivity index (χ0n) is 11.2. The van der Waals surface area contributed by atoms with Crippen molar-refractivity contribution in [2.24, 2.45) is 0 Å². The number of anilines is 1. The number of halogens is 1. The van der Waals surface area contributed by atoms with Crippen molar-refractivity contribution in [2.45, 2.75) is 25.8 Å². The molecule has 0 unspecified atom stereocenters. The summed E-state index contributed by atoms with van der Waals surface area (Å²) >= 11 is 3.29. The van der Waals surface area contributed by atoms with Crippen LogP contribution in [0.1, 0.15) is 30.1 Å². The number of nitrogens with zero attached hydrogens (tertiary/aromatic N) is 1. The Labute approximate surface area is 126 Å². The van der Waals surface area contributed by atoms with Gasteiger partial charge in [-0.25, -0.2) is 4.79 Å². The summed E-state index contributed by atoms with van der Waals surface area (Å²) in [4.78, 5) is 24.2. The number of benzene rings is 1. The minimum atomic E-state index is -0.937. The molecule has 0 aliphatic carbocycles. The quantitative estimate of drug-likeness (QED) is 0.885. The van der Waals surface area contributed by atoms with E-state index in [1.54, 1.807) is 6.07 Å². The van der Waals surface area contributed by atoms with Crippen molar-refractivity contribution in [3.8, 4) is 0 Å². The van der Waals surface area contributed by atoms with Gasteiger partial charge in [0.25, 0.3) is 0 Å². The molecule has 1 heterocycles. The van der Waals surface area contributed by atoms with Crippen LogP contribution in [0.25, 0.3) is 0 Å². The van der Waals surface area contributed by atoms with Crippen molar-refractivity contribution in [3.63, 3.8) is 0 Å². The molecule has 0 saturated carbocycles. The first-order chi connectivity index (χ1) is 9.47. The average Bonchev–Trinajstić information content (AvgIpc) is 2.38. The molecule has 1 aromatic rings. The lowest BCUT2D eigenvalue weighted by Gasteiger charge is -2.34. The van der Waals surface area contributed by atoms with Crippen LogP contribution in [0.4, 0.5) is 5.69 Å². The fourth-order valence-corrected chi connectivity index (χ4v) is 2.98. The Bertz CT molecular complexity index is 525. The number of carboxylic acids is 1. The molecule has 108 valence electrons. The zero-order chi connectivity index (χ0) is 14.7. The van der Waals surface area contributed by atoms with Crippen LogP contribution < -0.4 is 10.2 Å². The zero-order valence-corrected chi connectivity index (χ0v) is 12.8. The SMILES string of the molecule is CC(=O)NC1CCN(c2ccc(C(=O)O)c(Br)c2)CC1. The van der Waals surface area contributed by atoms with Crippen LogP contribution in [-0.2, 0) is 4.79 Å². The summed E-state index contributed by atoms with van der Waals surface area (Å²) in [6.45, 7) is 3.24. The molecule has 2 rings (SSSR count). The Kier molecular flexibility index (Phi) is 4.65. The van der Waals surface area contributed by atoms with Crippen LogP contribution in [0.2, 0.25) is 0 Å².